The largest absolute Gasteiger partial charge is 0.511 e. The summed E-state index contributed by atoms with van der Waals surface area (Å²) in [4.78, 5) is 14.6. The second-order valence-electron chi connectivity index (χ2n) is 4.23. The molecular formula is C13H10N2O3S. The van der Waals surface area contributed by atoms with Crippen molar-refractivity contribution in [1.82, 2.24) is 4.98 Å². The molecule has 0 aliphatic heterocycles. The minimum atomic E-state index is -0.427. The van der Waals surface area contributed by atoms with Gasteiger partial charge in [-0.3, -0.25) is 10.1 Å². The molecule has 1 N–H and O–H groups in total. The first-order valence-electron chi connectivity index (χ1n) is 5.79. The number of nitro groups is 1. The summed E-state index contributed by atoms with van der Waals surface area (Å²) in [6, 6.07) is 6.28. The van der Waals surface area contributed by atoms with Crippen molar-refractivity contribution in [1.29, 1.82) is 0 Å². The summed E-state index contributed by atoms with van der Waals surface area (Å²) in [6.07, 6.45) is 3.44. The Hall–Kier alpha value is -2.21. The second-order valence-corrected chi connectivity index (χ2v) is 5.23. The van der Waals surface area contributed by atoms with Gasteiger partial charge in [0.15, 0.2) is 0 Å². The number of aliphatic hydroxyl groups is 1. The second kappa shape index (κ2) is 4.47. The standard InChI is InChI=1S/C13H10N2O3S/c16-11-3-1-2-10-12(11)19-13(14-10)8-4-6-9(7-5-8)15(17)18/h2,4-7,16H,1,3H2. The molecule has 0 amide bonds. The maximum atomic E-state index is 10.6. The molecule has 1 aliphatic rings. The molecule has 0 spiro atoms. The van der Waals surface area contributed by atoms with E-state index in [0.29, 0.717) is 12.2 Å². The van der Waals surface area contributed by atoms with Gasteiger partial charge in [0.1, 0.15) is 10.8 Å². The summed E-state index contributed by atoms with van der Waals surface area (Å²) in [6.45, 7) is 0. The summed E-state index contributed by atoms with van der Waals surface area (Å²) >= 11 is 1.41. The molecule has 0 saturated carbocycles. The number of benzene rings is 1. The van der Waals surface area contributed by atoms with Crippen LogP contribution in [0.25, 0.3) is 22.4 Å². The van der Waals surface area contributed by atoms with Crippen molar-refractivity contribution in [3.8, 4) is 10.6 Å². The van der Waals surface area contributed by atoms with Crippen LogP contribution < -0.4 is 9.88 Å². The van der Waals surface area contributed by atoms with Crippen LogP contribution in [0.3, 0.4) is 0 Å². The number of non-ortho nitro benzene ring substituents is 1. The highest BCUT2D eigenvalue weighted by atomic mass is 32.1. The summed E-state index contributed by atoms with van der Waals surface area (Å²) in [5, 5.41) is 22.0. The lowest BCUT2D eigenvalue weighted by Gasteiger charge is -1.97. The van der Waals surface area contributed by atoms with Crippen LogP contribution in [0.1, 0.15) is 12.8 Å². The van der Waals surface area contributed by atoms with Crippen LogP contribution >= 0.6 is 11.3 Å². The van der Waals surface area contributed by atoms with Crippen molar-refractivity contribution >= 4 is 28.9 Å². The molecule has 19 heavy (non-hydrogen) atoms. The van der Waals surface area contributed by atoms with Crippen LogP contribution in [0.15, 0.2) is 24.3 Å². The molecule has 6 heteroatoms. The third-order valence-corrected chi connectivity index (χ3v) is 4.13. The first-order valence-corrected chi connectivity index (χ1v) is 6.61. The number of nitrogens with zero attached hydrogens (tertiary/aromatic N) is 2. The number of hydrogen-bond acceptors (Lipinski definition) is 5. The Morgan fingerprint density at radius 1 is 1.32 bits per heavy atom. The molecule has 0 saturated heterocycles. The average Bonchev–Trinajstić information content (AvgIpc) is 2.84. The lowest BCUT2D eigenvalue weighted by molar-refractivity contribution is -0.384. The zero-order chi connectivity index (χ0) is 13.4. The van der Waals surface area contributed by atoms with Gasteiger partial charge in [0.05, 0.1) is 14.8 Å². The molecule has 0 radical (unpaired) electrons. The number of fused-ring (bicyclic) bond motifs is 1. The first kappa shape index (κ1) is 11.9. The summed E-state index contributed by atoms with van der Waals surface area (Å²) in [7, 11) is 0. The summed E-state index contributed by atoms with van der Waals surface area (Å²) < 4.78 is 0.805. The number of aromatic nitrogens is 1. The fourth-order valence-corrected chi connectivity index (χ4v) is 3.03. The van der Waals surface area contributed by atoms with Crippen molar-refractivity contribution in [2.75, 3.05) is 0 Å². The van der Waals surface area contributed by atoms with Gasteiger partial charge in [-0.15, -0.1) is 11.3 Å². The summed E-state index contributed by atoms with van der Waals surface area (Å²) in [5.74, 6) is 0.378. The number of rotatable bonds is 2. The van der Waals surface area contributed by atoms with Crippen LogP contribution in [-0.4, -0.2) is 15.0 Å². The SMILES string of the molecule is O=[N+]([O-])c1ccc(-c2nc3c(s2)=C(O)CCC=3)cc1. The quantitative estimate of drug-likeness (QED) is 0.671. The van der Waals surface area contributed by atoms with Gasteiger partial charge in [-0.2, -0.15) is 0 Å². The van der Waals surface area contributed by atoms with Crippen molar-refractivity contribution < 1.29 is 10.0 Å². The Balaban J connectivity index is 2.09. The zero-order valence-corrected chi connectivity index (χ0v) is 10.7. The number of thiazole rings is 1. The van der Waals surface area contributed by atoms with Crippen LogP contribution in [0, 0.1) is 10.1 Å². The lowest BCUT2D eigenvalue weighted by Crippen LogP contribution is -2.26. The van der Waals surface area contributed by atoms with Gasteiger partial charge in [-0.25, -0.2) is 4.98 Å². The maximum Gasteiger partial charge on any atom is 0.269 e. The van der Waals surface area contributed by atoms with Gasteiger partial charge in [-0.1, -0.05) is 6.08 Å². The summed E-state index contributed by atoms with van der Waals surface area (Å²) in [5.41, 5.74) is 0.886. The predicted molar refractivity (Wildman–Crippen MR) is 73.2 cm³/mol. The number of aliphatic hydroxyl groups excluding tert-OH is 1. The smallest absolute Gasteiger partial charge is 0.269 e. The number of hydrogen-bond donors (Lipinski definition) is 1. The Bertz CT molecular complexity index is 762. The third kappa shape index (κ3) is 2.10. The molecule has 0 bridgehead atoms. The van der Waals surface area contributed by atoms with E-state index in [0.717, 1.165) is 26.9 Å². The Morgan fingerprint density at radius 3 is 2.68 bits per heavy atom. The van der Waals surface area contributed by atoms with Gasteiger partial charge in [0, 0.05) is 24.1 Å². The minimum Gasteiger partial charge on any atom is -0.511 e. The Kier molecular flexibility index (Phi) is 2.79. The van der Waals surface area contributed by atoms with E-state index < -0.39 is 4.92 Å². The van der Waals surface area contributed by atoms with Crippen LogP contribution in [0.5, 0.6) is 0 Å². The molecule has 1 aromatic carbocycles. The monoisotopic (exact) mass is 274 g/mol. The fraction of sp³-hybridized carbons (Fsp3) is 0.154. The van der Waals surface area contributed by atoms with Gasteiger partial charge < -0.3 is 5.11 Å². The van der Waals surface area contributed by atoms with Gasteiger partial charge in [0.2, 0.25) is 0 Å². The van der Waals surface area contributed by atoms with Crippen molar-refractivity contribution in [2.45, 2.75) is 12.8 Å². The molecule has 0 atom stereocenters. The molecular weight excluding hydrogens is 264 g/mol. The third-order valence-electron chi connectivity index (χ3n) is 2.96. The van der Waals surface area contributed by atoms with Crippen molar-refractivity contribution in [2.24, 2.45) is 0 Å². The Labute approximate surface area is 112 Å². The molecule has 0 unspecified atom stereocenters. The van der Waals surface area contributed by atoms with Gasteiger partial charge >= 0.3 is 0 Å². The van der Waals surface area contributed by atoms with Gasteiger partial charge in [0.25, 0.3) is 5.69 Å². The maximum absolute atomic E-state index is 10.6. The van der Waals surface area contributed by atoms with E-state index >= 15 is 0 Å². The van der Waals surface area contributed by atoms with E-state index in [4.69, 9.17) is 0 Å². The van der Waals surface area contributed by atoms with E-state index in [-0.39, 0.29) is 5.69 Å². The van der Waals surface area contributed by atoms with Crippen molar-refractivity contribution in [3.05, 3.63) is 44.3 Å². The van der Waals surface area contributed by atoms with Crippen LogP contribution in [0.2, 0.25) is 0 Å². The van der Waals surface area contributed by atoms with E-state index in [1.54, 1.807) is 12.1 Å². The zero-order valence-electron chi connectivity index (χ0n) is 9.87. The molecule has 1 heterocycles. The Morgan fingerprint density at radius 2 is 2.05 bits per heavy atom. The lowest BCUT2D eigenvalue weighted by atomic mass is 10.2. The molecule has 3 rings (SSSR count). The van der Waals surface area contributed by atoms with E-state index in [9.17, 15) is 15.2 Å². The normalized spacial score (nSPS) is 13.8. The van der Waals surface area contributed by atoms with Crippen molar-refractivity contribution in [3.63, 3.8) is 0 Å². The topological polar surface area (TPSA) is 76.3 Å². The predicted octanol–water partition coefficient (Wildman–Crippen LogP) is 1.96. The highest BCUT2D eigenvalue weighted by Gasteiger charge is 2.11. The number of nitro benzene ring substituents is 1. The highest BCUT2D eigenvalue weighted by molar-refractivity contribution is 7.13. The first-order chi connectivity index (χ1) is 9.15. The molecule has 1 aromatic heterocycles. The average molecular weight is 274 g/mol. The molecule has 1 aliphatic carbocycles. The van der Waals surface area contributed by atoms with E-state index in [1.165, 1.54) is 23.5 Å². The molecule has 0 fully saturated rings. The highest BCUT2D eigenvalue weighted by Crippen LogP contribution is 2.22. The van der Waals surface area contributed by atoms with Crippen LogP contribution in [-0.2, 0) is 0 Å². The molecule has 2 aromatic rings. The van der Waals surface area contributed by atoms with E-state index in [1.807, 2.05) is 6.08 Å². The fourth-order valence-electron chi connectivity index (χ4n) is 1.99. The van der Waals surface area contributed by atoms with Crippen LogP contribution in [0.4, 0.5) is 5.69 Å². The minimum absolute atomic E-state index is 0.0611. The molecule has 96 valence electrons. The molecule has 5 nitrogen and oxygen atoms in total. The van der Waals surface area contributed by atoms with Gasteiger partial charge in [-0.05, 0) is 18.6 Å². The van der Waals surface area contributed by atoms with E-state index in [2.05, 4.69) is 4.98 Å².